The molecule has 0 radical (unpaired) electrons. The van der Waals surface area contributed by atoms with Gasteiger partial charge in [0.1, 0.15) is 6.29 Å². The van der Waals surface area contributed by atoms with E-state index < -0.39 is 0 Å². The Morgan fingerprint density at radius 3 is 2.67 bits per heavy atom. The molecule has 21 heavy (non-hydrogen) atoms. The lowest BCUT2D eigenvalue weighted by Gasteiger charge is -1.99. The molecule has 1 aliphatic rings. The van der Waals surface area contributed by atoms with E-state index in [4.69, 9.17) is 14.2 Å². The highest BCUT2D eigenvalue weighted by Gasteiger charge is 2.12. The van der Waals surface area contributed by atoms with Crippen molar-refractivity contribution >= 4 is 12.3 Å². The molecule has 0 spiro atoms. The van der Waals surface area contributed by atoms with E-state index in [1.165, 1.54) is 26.2 Å². The van der Waals surface area contributed by atoms with Crippen molar-refractivity contribution in [3.05, 3.63) is 23.8 Å². The Balaban J connectivity index is 0.000000212. The highest BCUT2D eigenvalue weighted by molar-refractivity contribution is 5.76. The average molecular weight is 294 g/mol. The molecule has 0 N–H and O–H groups in total. The SMILES string of the molecule is CCCCCCOC(C)=O.O=Cc1ccc2c(c1)OCO2. The predicted molar refractivity (Wildman–Crippen MR) is 78.7 cm³/mol. The Kier molecular flexibility index (Phi) is 7.94. The second kappa shape index (κ2) is 9.80. The first kappa shape index (κ1) is 17.0. The molecule has 0 bridgehead atoms. The topological polar surface area (TPSA) is 61.8 Å². The normalized spacial score (nSPS) is 11.3. The van der Waals surface area contributed by atoms with Gasteiger partial charge in [-0.05, 0) is 24.6 Å². The van der Waals surface area contributed by atoms with Crippen LogP contribution in [-0.4, -0.2) is 25.7 Å². The van der Waals surface area contributed by atoms with Crippen molar-refractivity contribution in [3.8, 4) is 11.5 Å². The molecule has 1 aromatic carbocycles. The Hall–Kier alpha value is -2.04. The molecule has 2 rings (SSSR count). The molecule has 1 aromatic rings. The van der Waals surface area contributed by atoms with E-state index in [-0.39, 0.29) is 12.8 Å². The summed E-state index contributed by atoms with van der Waals surface area (Å²) in [4.78, 5) is 20.6. The first-order chi connectivity index (χ1) is 10.2. The molecule has 0 aliphatic carbocycles. The van der Waals surface area contributed by atoms with Gasteiger partial charge in [-0.2, -0.15) is 0 Å². The maximum absolute atomic E-state index is 10.3. The van der Waals surface area contributed by atoms with E-state index >= 15 is 0 Å². The average Bonchev–Trinajstić information content (AvgIpc) is 2.94. The number of esters is 1. The summed E-state index contributed by atoms with van der Waals surface area (Å²) in [5.74, 6) is 1.18. The molecule has 116 valence electrons. The number of carbonyl (C=O) groups excluding carboxylic acids is 2. The molecule has 0 atom stereocenters. The van der Waals surface area contributed by atoms with Crippen LogP contribution in [0.4, 0.5) is 0 Å². The van der Waals surface area contributed by atoms with Crippen LogP contribution >= 0.6 is 0 Å². The molecule has 0 saturated heterocycles. The first-order valence-electron chi connectivity index (χ1n) is 7.15. The van der Waals surface area contributed by atoms with Crippen LogP contribution in [0.3, 0.4) is 0 Å². The van der Waals surface area contributed by atoms with Crippen molar-refractivity contribution in [2.24, 2.45) is 0 Å². The number of rotatable bonds is 6. The van der Waals surface area contributed by atoms with Gasteiger partial charge in [0.25, 0.3) is 0 Å². The van der Waals surface area contributed by atoms with Crippen LogP contribution < -0.4 is 9.47 Å². The summed E-state index contributed by atoms with van der Waals surface area (Å²) in [6.07, 6.45) is 5.42. The smallest absolute Gasteiger partial charge is 0.302 e. The maximum atomic E-state index is 10.3. The fraction of sp³-hybridized carbons (Fsp3) is 0.500. The summed E-state index contributed by atoms with van der Waals surface area (Å²) in [7, 11) is 0. The van der Waals surface area contributed by atoms with Crippen LogP contribution in [0.1, 0.15) is 49.9 Å². The van der Waals surface area contributed by atoms with Gasteiger partial charge in [0.2, 0.25) is 6.79 Å². The lowest BCUT2D eigenvalue weighted by atomic mass is 10.2. The fourth-order valence-corrected chi connectivity index (χ4v) is 1.73. The largest absolute Gasteiger partial charge is 0.466 e. The zero-order valence-corrected chi connectivity index (χ0v) is 12.6. The van der Waals surface area contributed by atoms with Crippen molar-refractivity contribution in [2.75, 3.05) is 13.4 Å². The standard InChI is InChI=1S/C8H6O3.C8H16O2/c9-4-6-1-2-7-8(3-6)11-5-10-7;1-3-4-5-6-7-10-8(2)9/h1-4H,5H2;3-7H2,1-2H3. The number of benzene rings is 1. The third kappa shape index (κ3) is 6.79. The highest BCUT2D eigenvalue weighted by atomic mass is 16.7. The lowest BCUT2D eigenvalue weighted by Crippen LogP contribution is -1.99. The van der Waals surface area contributed by atoms with Gasteiger partial charge in [-0.1, -0.05) is 26.2 Å². The van der Waals surface area contributed by atoms with Crippen LogP contribution in [0, 0.1) is 0 Å². The first-order valence-corrected chi connectivity index (χ1v) is 7.15. The third-order valence-electron chi connectivity index (χ3n) is 2.84. The second-order valence-electron chi connectivity index (χ2n) is 4.63. The van der Waals surface area contributed by atoms with Gasteiger partial charge >= 0.3 is 5.97 Å². The van der Waals surface area contributed by atoms with Crippen LogP contribution in [0.5, 0.6) is 11.5 Å². The number of fused-ring (bicyclic) bond motifs is 1. The number of carbonyl (C=O) groups is 2. The minimum atomic E-state index is -0.170. The van der Waals surface area contributed by atoms with E-state index in [1.807, 2.05) is 0 Å². The van der Waals surface area contributed by atoms with Gasteiger partial charge in [0.05, 0.1) is 6.61 Å². The summed E-state index contributed by atoms with van der Waals surface area (Å²) >= 11 is 0. The van der Waals surface area contributed by atoms with Crippen molar-refractivity contribution < 1.29 is 23.8 Å². The van der Waals surface area contributed by atoms with Gasteiger partial charge in [-0.25, -0.2) is 0 Å². The Labute approximate surface area is 125 Å². The summed E-state index contributed by atoms with van der Waals surface area (Å²) in [6.45, 7) is 4.44. The summed E-state index contributed by atoms with van der Waals surface area (Å²) in [6, 6.07) is 5.09. The monoisotopic (exact) mass is 294 g/mol. The summed E-state index contributed by atoms with van der Waals surface area (Å²) in [5.41, 5.74) is 0.606. The van der Waals surface area contributed by atoms with Crippen molar-refractivity contribution in [3.63, 3.8) is 0 Å². The minimum absolute atomic E-state index is 0.170. The van der Waals surface area contributed by atoms with Crippen molar-refractivity contribution in [1.82, 2.24) is 0 Å². The molecule has 0 amide bonds. The second-order valence-corrected chi connectivity index (χ2v) is 4.63. The Morgan fingerprint density at radius 1 is 1.24 bits per heavy atom. The molecule has 1 heterocycles. The van der Waals surface area contributed by atoms with Gasteiger partial charge in [-0.3, -0.25) is 9.59 Å². The van der Waals surface area contributed by atoms with E-state index in [0.29, 0.717) is 23.7 Å². The fourth-order valence-electron chi connectivity index (χ4n) is 1.73. The van der Waals surface area contributed by atoms with Crippen molar-refractivity contribution in [1.29, 1.82) is 0 Å². The Morgan fingerprint density at radius 2 is 2.00 bits per heavy atom. The molecule has 0 unspecified atom stereocenters. The van der Waals surface area contributed by atoms with Gasteiger partial charge in [-0.15, -0.1) is 0 Å². The molecule has 0 aromatic heterocycles. The van der Waals surface area contributed by atoms with Gasteiger partial charge < -0.3 is 14.2 Å². The number of hydrogen-bond donors (Lipinski definition) is 0. The molecule has 0 fully saturated rings. The van der Waals surface area contributed by atoms with E-state index in [0.717, 1.165) is 12.7 Å². The van der Waals surface area contributed by atoms with E-state index in [2.05, 4.69) is 6.92 Å². The zero-order valence-electron chi connectivity index (χ0n) is 12.6. The minimum Gasteiger partial charge on any atom is -0.466 e. The molecule has 5 heteroatoms. The predicted octanol–water partition coefficient (Wildman–Crippen LogP) is 3.36. The molecule has 0 saturated carbocycles. The molecule has 5 nitrogen and oxygen atoms in total. The van der Waals surface area contributed by atoms with Crippen LogP contribution in [0.2, 0.25) is 0 Å². The highest BCUT2D eigenvalue weighted by Crippen LogP contribution is 2.31. The quantitative estimate of drug-likeness (QED) is 0.457. The molecule has 1 aliphatic heterocycles. The number of unbranched alkanes of at least 4 members (excludes halogenated alkanes) is 3. The summed E-state index contributed by atoms with van der Waals surface area (Å²) < 4.78 is 14.9. The summed E-state index contributed by atoms with van der Waals surface area (Å²) in [5, 5.41) is 0. The lowest BCUT2D eigenvalue weighted by molar-refractivity contribution is -0.141. The van der Waals surface area contributed by atoms with Crippen LogP contribution in [-0.2, 0) is 9.53 Å². The van der Waals surface area contributed by atoms with Crippen LogP contribution in [0.25, 0.3) is 0 Å². The number of aldehydes is 1. The van der Waals surface area contributed by atoms with Crippen LogP contribution in [0.15, 0.2) is 18.2 Å². The van der Waals surface area contributed by atoms with Gasteiger partial charge in [0, 0.05) is 12.5 Å². The maximum Gasteiger partial charge on any atom is 0.302 e. The van der Waals surface area contributed by atoms with E-state index in [9.17, 15) is 9.59 Å². The zero-order chi connectivity index (χ0) is 15.5. The van der Waals surface area contributed by atoms with Gasteiger partial charge in [0.15, 0.2) is 11.5 Å². The molecular weight excluding hydrogens is 272 g/mol. The third-order valence-corrected chi connectivity index (χ3v) is 2.84. The molecular formula is C16H22O5. The Bertz CT molecular complexity index is 456. The van der Waals surface area contributed by atoms with E-state index in [1.54, 1.807) is 18.2 Å². The number of ether oxygens (including phenoxy) is 3. The number of hydrogen-bond acceptors (Lipinski definition) is 5. The van der Waals surface area contributed by atoms with Crippen molar-refractivity contribution in [2.45, 2.75) is 39.5 Å².